The van der Waals surface area contributed by atoms with Crippen molar-refractivity contribution in [3.63, 3.8) is 0 Å². The number of nitrogens with one attached hydrogen (secondary N) is 1. The molecule has 0 saturated heterocycles. The van der Waals surface area contributed by atoms with Crippen LogP contribution in [0.25, 0.3) is 0 Å². The number of hydrogen-bond donors (Lipinski definition) is 1. The first kappa shape index (κ1) is 17.0. The molecule has 1 unspecified atom stereocenters. The minimum Gasteiger partial charge on any atom is -0.465 e. The van der Waals surface area contributed by atoms with Gasteiger partial charge in [0.25, 0.3) is 0 Å². The molecule has 6 heteroatoms. The van der Waals surface area contributed by atoms with Gasteiger partial charge in [-0.3, -0.25) is 9.48 Å². The number of aromatic nitrogens is 2. The first-order valence-corrected chi connectivity index (χ1v) is 7.42. The molecule has 1 atom stereocenters. The summed E-state index contributed by atoms with van der Waals surface area (Å²) in [5, 5.41) is 8.19. The summed E-state index contributed by atoms with van der Waals surface area (Å²) in [5.74, 6) is -0.198. The van der Waals surface area contributed by atoms with E-state index in [4.69, 9.17) is 16.3 Å². The van der Waals surface area contributed by atoms with Crippen molar-refractivity contribution >= 4 is 17.6 Å². The number of ether oxygens (including phenoxy) is 1. The van der Waals surface area contributed by atoms with E-state index < -0.39 is 5.54 Å². The lowest BCUT2D eigenvalue weighted by Gasteiger charge is -2.28. The molecule has 0 aliphatic heterocycles. The van der Waals surface area contributed by atoms with Gasteiger partial charge in [-0.15, -0.1) is 0 Å². The van der Waals surface area contributed by atoms with Crippen LogP contribution in [0.1, 0.15) is 39.3 Å². The third kappa shape index (κ3) is 4.49. The zero-order valence-electron chi connectivity index (χ0n) is 12.7. The van der Waals surface area contributed by atoms with Gasteiger partial charge >= 0.3 is 5.97 Å². The predicted octanol–water partition coefficient (Wildman–Crippen LogP) is 2.56. The van der Waals surface area contributed by atoms with Crippen LogP contribution in [0.5, 0.6) is 0 Å². The van der Waals surface area contributed by atoms with Crippen LogP contribution in [0, 0.1) is 6.92 Å². The number of esters is 1. The normalized spacial score (nSPS) is 14.1. The molecule has 0 saturated carbocycles. The van der Waals surface area contributed by atoms with Crippen LogP contribution in [0.2, 0.25) is 5.02 Å². The summed E-state index contributed by atoms with van der Waals surface area (Å²) < 4.78 is 6.96. The molecule has 1 aromatic heterocycles. The zero-order chi connectivity index (χ0) is 15.2. The summed E-state index contributed by atoms with van der Waals surface area (Å²) in [7, 11) is 0. The Morgan fingerprint density at radius 3 is 2.75 bits per heavy atom. The lowest BCUT2D eigenvalue weighted by molar-refractivity contribution is -0.150. The molecule has 0 fully saturated rings. The molecule has 1 N–H and O–H groups in total. The highest BCUT2D eigenvalue weighted by atomic mass is 35.5. The molecule has 0 amide bonds. The molecule has 20 heavy (non-hydrogen) atoms. The zero-order valence-corrected chi connectivity index (χ0v) is 13.5. The van der Waals surface area contributed by atoms with Gasteiger partial charge in [0, 0.05) is 12.7 Å². The number of carbonyl (C=O) groups excluding carboxylic acids is 1. The Bertz CT molecular complexity index is 428. The van der Waals surface area contributed by atoms with Gasteiger partial charge in [-0.1, -0.05) is 18.5 Å². The van der Waals surface area contributed by atoms with Crippen LogP contribution in [0.4, 0.5) is 0 Å². The molecule has 0 aromatic carbocycles. The molecule has 5 nitrogen and oxygen atoms in total. The van der Waals surface area contributed by atoms with Gasteiger partial charge in [-0.05, 0) is 40.2 Å². The molecule has 0 aliphatic carbocycles. The fraction of sp³-hybridized carbons (Fsp3) is 0.714. The van der Waals surface area contributed by atoms with Crippen LogP contribution in [-0.4, -0.2) is 34.4 Å². The van der Waals surface area contributed by atoms with Crippen LogP contribution < -0.4 is 5.32 Å². The summed E-state index contributed by atoms with van der Waals surface area (Å²) in [5.41, 5.74) is 0.183. The van der Waals surface area contributed by atoms with Gasteiger partial charge in [0.15, 0.2) is 0 Å². The number of rotatable bonds is 8. The summed E-state index contributed by atoms with van der Waals surface area (Å²) in [4.78, 5) is 12.0. The Morgan fingerprint density at radius 2 is 2.25 bits per heavy atom. The van der Waals surface area contributed by atoms with E-state index in [9.17, 15) is 4.79 Å². The van der Waals surface area contributed by atoms with Crippen molar-refractivity contribution < 1.29 is 9.53 Å². The van der Waals surface area contributed by atoms with Crippen molar-refractivity contribution in [3.8, 4) is 0 Å². The highest BCUT2D eigenvalue weighted by Gasteiger charge is 2.33. The van der Waals surface area contributed by atoms with Crippen molar-refractivity contribution in [1.82, 2.24) is 15.1 Å². The maximum Gasteiger partial charge on any atom is 0.326 e. The van der Waals surface area contributed by atoms with Gasteiger partial charge in [0.05, 0.1) is 17.3 Å². The first-order valence-electron chi connectivity index (χ1n) is 7.04. The molecular weight excluding hydrogens is 278 g/mol. The van der Waals surface area contributed by atoms with E-state index in [1.165, 1.54) is 0 Å². The summed E-state index contributed by atoms with van der Waals surface area (Å²) in [6, 6.07) is 0. The highest BCUT2D eigenvalue weighted by molar-refractivity contribution is 6.31. The molecule has 1 rings (SSSR count). The molecule has 0 radical (unpaired) electrons. The van der Waals surface area contributed by atoms with Gasteiger partial charge < -0.3 is 10.1 Å². The molecular formula is C14H24ClN3O2. The van der Waals surface area contributed by atoms with E-state index in [2.05, 4.69) is 10.4 Å². The fourth-order valence-corrected chi connectivity index (χ4v) is 2.30. The van der Waals surface area contributed by atoms with Crippen LogP contribution in [0.15, 0.2) is 6.20 Å². The smallest absolute Gasteiger partial charge is 0.326 e. The Hall–Kier alpha value is -1.07. The number of nitrogens with zero attached hydrogens (tertiary/aromatic N) is 2. The van der Waals surface area contributed by atoms with E-state index in [0.29, 0.717) is 18.1 Å². The summed E-state index contributed by atoms with van der Waals surface area (Å²) in [6.45, 7) is 9.41. The Morgan fingerprint density at radius 1 is 1.55 bits per heavy atom. The Labute approximate surface area is 125 Å². The number of carbonyl (C=O) groups is 1. The maximum atomic E-state index is 12.0. The third-order valence-electron chi connectivity index (χ3n) is 3.24. The summed E-state index contributed by atoms with van der Waals surface area (Å²) in [6.07, 6.45) is 3.32. The molecule has 0 spiro atoms. The average Bonchev–Trinajstić information content (AvgIpc) is 2.69. The summed E-state index contributed by atoms with van der Waals surface area (Å²) >= 11 is 5.97. The van der Waals surface area contributed by atoms with Crippen LogP contribution in [-0.2, 0) is 16.1 Å². The van der Waals surface area contributed by atoms with Gasteiger partial charge in [0.2, 0.25) is 0 Å². The van der Waals surface area contributed by atoms with Crippen LogP contribution in [0.3, 0.4) is 0 Å². The van der Waals surface area contributed by atoms with Crippen molar-refractivity contribution in [3.05, 3.63) is 16.9 Å². The number of halogens is 1. The second kappa shape index (κ2) is 7.64. The monoisotopic (exact) mass is 301 g/mol. The maximum absolute atomic E-state index is 12.0. The first-order chi connectivity index (χ1) is 9.42. The lowest BCUT2D eigenvalue weighted by atomic mass is 9.95. The van der Waals surface area contributed by atoms with Gasteiger partial charge in [-0.25, -0.2) is 0 Å². The topological polar surface area (TPSA) is 56.2 Å². The van der Waals surface area contributed by atoms with Crippen molar-refractivity contribution in [2.24, 2.45) is 0 Å². The van der Waals surface area contributed by atoms with E-state index in [0.717, 1.165) is 25.2 Å². The molecule has 1 heterocycles. The number of hydrogen-bond acceptors (Lipinski definition) is 4. The minimum atomic E-state index is -0.642. The second-order valence-corrected chi connectivity index (χ2v) is 5.42. The van der Waals surface area contributed by atoms with Crippen molar-refractivity contribution in [1.29, 1.82) is 0 Å². The number of likely N-dealkylation sites (N-methyl/N-ethyl adjacent to an activating group) is 1. The quantitative estimate of drug-likeness (QED) is 0.750. The lowest BCUT2D eigenvalue weighted by Crippen LogP contribution is -2.50. The molecule has 1 aromatic rings. The second-order valence-electron chi connectivity index (χ2n) is 5.01. The SMILES string of the molecule is CCNC(C)(CCCn1cc(Cl)c(C)n1)C(=O)OCC. The van der Waals surface area contributed by atoms with Crippen molar-refractivity contribution in [2.45, 2.75) is 52.6 Å². The largest absolute Gasteiger partial charge is 0.465 e. The molecule has 0 aliphatic rings. The number of aryl methyl sites for hydroxylation is 2. The van der Waals surface area contributed by atoms with Crippen molar-refractivity contribution in [2.75, 3.05) is 13.2 Å². The minimum absolute atomic E-state index is 0.198. The van der Waals surface area contributed by atoms with Gasteiger partial charge in [-0.2, -0.15) is 5.10 Å². The average molecular weight is 302 g/mol. The Kier molecular flexibility index (Phi) is 6.49. The van der Waals surface area contributed by atoms with Gasteiger partial charge in [0.1, 0.15) is 5.54 Å². The van der Waals surface area contributed by atoms with E-state index >= 15 is 0 Å². The third-order valence-corrected chi connectivity index (χ3v) is 3.61. The predicted molar refractivity (Wildman–Crippen MR) is 79.9 cm³/mol. The fourth-order valence-electron chi connectivity index (χ4n) is 2.15. The standard InChI is InChI=1S/C14H24ClN3O2/c1-5-16-14(4,13(19)20-6-2)8-7-9-18-10-12(15)11(3)17-18/h10,16H,5-9H2,1-4H3. The molecule has 114 valence electrons. The van der Waals surface area contributed by atoms with Crippen LogP contribution >= 0.6 is 11.6 Å². The van der Waals surface area contributed by atoms with E-state index in [1.807, 2.05) is 38.6 Å². The molecule has 0 bridgehead atoms. The Balaban J connectivity index is 2.56. The van der Waals surface area contributed by atoms with E-state index in [1.54, 1.807) is 0 Å². The highest BCUT2D eigenvalue weighted by Crippen LogP contribution is 2.17. The van der Waals surface area contributed by atoms with E-state index in [-0.39, 0.29) is 5.97 Å².